The SMILES string of the molecule is CN=C(C(=CN)c1ccc2c(=O)[nH]nc(CN)c2c1)c1ccc(Cl)c(Cl)c1. The average Bonchev–Trinajstić information content (AvgIpc) is 2.68. The molecule has 0 fully saturated rings. The van der Waals surface area contributed by atoms with Crippen molar-refractivity contribution in [1.29, 1.82) is 0 Å². The van der Waals surface area contributed by atoms with Crippen molar-refractivity contribution in [1.82, 2.24) is 10.2 Å². The number of nitrogens with zero attached hydrogens (tertiary/aromatic N) is 2. The van der Waals surface area contributed by atoms with Crippen molar-refractivity contribution in [2.24, 2.45) is 16.5 Å². The van der Waals surface area contributed by atoms with Gasteiger partial charge >= 0.3 is 0 Å². The minimum Gasteiger partial charge on any atom is -0.404 e. The summed E-state index contributed by atoms with van der Waals surface area (Å²) >= 11 is 12.2. The molecule has 0 amide bonds. The molecule has 1 heterocycles. The Bertz CT molecular complexity index is 1130. The van der Waals surface area contributed by atoms with Crippen LogP contribution in [-0.4, -0.2) is 23.0 Å². The first-order chi connectivity index (χ1) is 13.0. The normalized spacial score (nSPS) is 12.6. The van der Waals surface area contributed by atoms with E-state index in [1.807, 2.05) is 12.1 Å². The lowest BCUT2D eigenvalue weighted by atomic mass is 9.94. The fourth-order valence-corrected chi connectivity index (χ4v) is 3.20. The second-order valence-corrected chi connectivity index (χ2v) is 6.56. The highest BCUT2D eigenvalue weighted by Gasteiger charge is 2.15. The number of H-pyrrole nitrogens is 1. The molecule has 27 heavy (non-hydrogen) atoms. The molecule has 0 saturated heterocycles. The monoisotopic (exact) mass is 401 g/mol. The zero-order chi connectivity index (χ0) is 19.6. The van der Waals surface area contributed by atoms with Gasteiger partial charge in [0.25, 0.3) is 5.56 Å². The summed E-state index contributed by atoms with van der Waals surface area (Å²) in [6.45, 7) is 0.194. The summed E-state index contributed by atoms with van der Waals surface area (Å²) in [7, 11) is 1.67. The Morgan fingerprint density at radius 1 is 1.15 bits per heavy atom. The lowest BCUT2D eigenvalue weighted by molar-refractivity contribution is 0.900. The minimum atomic E-state index is -0.277. The molecule has 0 bridgehead atoms. The van der Waals surface area contributed by atoms with Crippen molar-refractivity contribution in [3.8, 4) is 0 Å². The van der Waals surface area contributed by atoms with Crippen LogP contribution in [0.25, 0.3) is 16.3 Å². The number of hydrogen-bond acceptors (Lipinski definition) is 5. The molecule has 0 aliphatic heterocycles. The van der Waals surface area contributed by atoms with Gasteiger partial charge in [-0.25, -0.2) is 5.10 Å². The van der Waals surface area contributed by atoms with Gasteiger partial charge in [-0.2, -0.15) is 5.10 Å². The third-order valence-corrected chi connectivity index (χ3v) is 4.95. The van der Waals surface area contributed by atoms with Crippen LogP contribution in [0.5, 0.6) is 0 Å². The maximum Gasteiger partial charge on any atom is 0.272 e. The minimum absolute atomic E-state index is 0.194. The molecule has 8 heteroatoms. The van der Waals surface area contributed by atoms with Gasteiger partial charge in [0, 0.05) is 36.3 Å². The Balaban J connectivity index is 2.17. The van der Waals surface area contributed by atoms with Gasteiger partial charge < -0.3 is 11.5 Å². The molecule has 1 aromatic heterocycles. The molecular formula is C19H17Cl2N5O. The van der Waals surface area contributed by atoms with Crippen LogP contribution in [0, 0.1) is 0 Å². The fraction of sp³-hybridized carbons (Fsp3) is 0.105. The van der Waals surface area contributed by atoms with E-state index in [0.717, 1.165) is 11.1 Å². The lowest BCUT2D eigenvalue weighted by Crippen LogP contribution is -2.14. The molecule has 0 aliphatic carbocycles. The molecule has 3 rings (SSSR count). The van der Waals surface area contributed by atoms with Crippen molar-refractivity contribution in [3.63, 3.8) is 0 Å². The van der Waals surface area contributed by atoms with Gasteiger partial charge in [0.1, 0.15) is 0 Å². The Labute approximate surface area is 165 Å². The van der Waals surface area contributed by atoms with E-state index in [1.54, 1.807) is 31.3 Å². The number of benzene rings is 2. The number of aliphatic imine (C=N–C) groups is 1. The first-order valence-corrected chi connectivity index (χ1v) is 8.82. The van der Waals surface area contributed by atoms with Crippen LogP contribution in [-0.2, 0) is 6.54 Å². The molecule has 3 aromatic rings. The van der Waals surface area contributed by atoms with E-state index >= 15 is 0 Å². The third kappa shape index (κ3) is 3.60. The summed E-state index contributed by atoms with van der Waals surface area (Å²) in [6.07, 6.45) is 1.47. The predicted octanol–water partition coefficient (Wildman–Crippen LogP) is 3.11. The highest BCUT2D eigenvalue weighted by molar-refractivity contribution is 6.42. The van der Waals surface area contributed by atoms with Crippen molar-refractivity contribution in [2.45, 2.75) is 6.54 Å². The van der Waals surface area contributed by atoms with Crippen LogP contribution in [0.15, 0.2) is 52.4 Å². The van der Waals surface area contributed by atoms with E-state index in [4.69, 9.17) is 34.7 Å². The molecule has 0 radical (unpaired) electrons. The summed E-state index contributed by atoms with van der Waals surface area (Å²) in [4.78, 5) is 16.4. The van der Waals surface area contributed by atoms with Gasteiger partial charge in [-0.1, -0.05) is 35.3 Å². The first kappa shape index (κ1) is 19.1. The molecular weight excluding hydrogens is 385 g/mol. The van der Waals surface area contributed by atoms with Crippen molar-refractivity contribution in [2.75, 3.05) is 7.05 Å². The van der Waals surface area contributed by atoms with E-state index in [0.29, 0.717) is 37.8 Å². The Kier molecular flexibility index (Phi) is 5.60. The van der Waals surface area contributed by atoms with Crippen molar-refractivity contribution < 1.29 is 0 Å². The van der Waals surface area contributed by atoms with E-state index in [2.05, 4.69) is 15.2 Å². The molecule has 138 valence electrons. The number of nitrogens with two attached hydrogens (primary N) is 2. The topological polar surface area (TPSA) is 110 Å². The molecule has 2 aromatic carbocycles. The maximum atomic E-state index is 12.0. The Morgan fingerprint density at radius 2 is 1.89 bits per heavy atom. The maximum absolute atomic E-state index is 12.0. The van der Waals surface area contributed by atoms with Gasteiger partial charge in [0.15, 0.2) is 0 Å². The Hall–Kier alpha value is -2.67. The molecule has 0 saturated carbocycles. The van der Waals surface area contributed by atoms with Gasteiger partial charge in [0.05, 0.1) is 26.8 Å². The van der Waals surface area contributed by atoms with E-state index < -0.39 is 0 Å². The molecule has 6 nitrogen and oxygen atoms in total. The van der Waals surface area contributed by atoms with Crippen LogP contribution in [0.1, 0.15) is 16.8 Å². The van der Waals surface area contributed by atoms with Gasteiger partial charge in [-0.05, 0) is 29.8 Å². The van der Waals surface area contributed by atoms with E-state index in [1.165, 1.54) is 6.20 Å². The number of aromatic amines is 1. The summed E-state index contributed by atoms with van der Waals surface area (Å²) in [5.74, 6) is 0. The number of hydrogen-bond donors (Lipinski definition) is 3. The number of halogens is 2. The zero-order valence-corrected chi connectivity index (χ0v) is 16.0. The quantitative estimate of drug-likeness (QED) is 0.583. The van der Waals surface area contributed by atoms with Crippen LogP contribution in [0.4, 0.5) is 0 Å². The number of fused-ring (bicyclic) bond motifs is 1. The second kappa shape index (κ2) is 7.92. The molecule has 0 aliphatic rings. The van der Waals surface area contributed by atoms with Crippen LogP contribution in [0.2, 0.25) is 10.0 Å². The zero-order valence-electron chi connectivity index (χ0n) is 14.5. The van der Waals surface area contributed by atoms with Crippen molar-refractivity contribution in [3.05, 3.63) is 79.8 Å². The summed E-state index contributed by atoms with van der Waals surface area (Å²) in [5.41, 5.74) is 14.9. The number of aromatic nitrogens is 2. The first-order valence-electron chi connectivity index (χ1n) is 8.06. The number of allylic oxidation sites excluding steroid dienone is 1. The Morgan fingerprint density at radius 3 is 2.52 bits per heavy atom. The molecule has 0 atom stereocenters. The molecule has 5 N–H and O–H groups in total. The van der Waals surface area contributed by atoms with Crippen molar-refractivity contribution >= 4 is 45.3 Å². The summed E-state index contributed by atoms with van der Waals surface area (Å²) < 4.78 is 0. The largest absolute Gasteiger partial charge is 0.404 e. The molecule has 0 unspecified atom stereocenters. The number of rotatable bonds is 4. The van der Waals surface area contributed by atoms with Gasteiger partial charge in [0.2, 0.25) is 0 Å². The third-order valence-electron chi connectivity index (χ3n) is 4.21. The van der Waals surface area contributed by atoms with Gasteiger partial charge in [-0.15, -0.1) is 0 Å². The summed E-state index contributed by atoms with van der Waals surface area (Å²) in [6, 6.07) is 10.6. The standard InChI is InChI=1S/C19H17Cl2N5O/c1-24-18(11-3-5-15(20)16(21)7-11)14(8-22)10-2-4-12-13(6-10)17(9-23)25-26-19(12)27/h2-8H,9,22-23H2,1H3,(H,26,27). The van der Waals surface area contributed by atoms with Crippen LogP contribution in [0.3, 0.4) is 0 Å². The molecule has 0 spiro atoms. The number of nitrogens with one attached hydrogen (secondary N) is 1. The van der Waals surface area contributed by atoms with Gasteiger partial charge in [-0.3, -0.25) is 9.79 Å². The highest BCUT2D eigenvalue weighted by atomic mass is 35.5. The summed E-state index contributed by atoms with van der Waals surface area (Å²) in [5, 5.41) is 8.53. The van der Waals surface area contributed by atoms with Crippen LogP contribution >= 0.6 is 23.2 Å². The smallest absolute Gasteiger partial charge is 0.272 e. The highest BCUT2D eigenvalue weighted by Crippen LogP contribution is 2.28. The lowest BCUT2D eigenvalue weighted by Gasteiger charge is -2.13. The average molecular weight is 402 g/mol. The van der Waals surface area contributed by atoms with Crippen LogP contribution < -0.4 is 17.0 Å². The fourth-order valence-electron chi connectivity index (χ4n) is 2.90. The second-order valence-electron chi connectivity index (χ2n) is 5.75. The predicted molar refractivity (Wildman–Crippen MR) is 111 cm³/mol. The van der Waals surface area contributed by atoms with E-state index in [-0.39, 0.29) is 12.1 Å². The van der Waals surface area contributed by atoms with E-state index in [9.17, 15) is 4.79 Å².